The zero-order valence-electron chi connectivity index (χ0n) is 20.6. The lowest BCUT2D eigenvalue weighted by molar-refractivity contribution is -0.148. The monoisotopic (exact) mass is 513 g/mol. The number of rotatable bonds is 16. The van der Waals surface area contributed by atoms with Gasteiger partial charge < -0.3 is 24.9 Å². The summed E-state index contributed by atoms with van der Waals surface area (Å²) in [5.74, 6) is -0.741. The number of carbonyl (C=O) groups excluding carboxylic acids is 1. The summed E-state index contributed by atoms with van der Waals surface area (Å²) in [5, 5.41) is 14.5. The van der Waals surface area contributed by atoms with Gasteiger partial charge in [-0.1, -0.05) is 13.8 Å². The topological polar surface area (TPSA) is 184 Å². The number of aliphatic carboxylic acids is 1. The van der Waals surface area contributed by atoms with Crippen LogP contribution < -0.4 is 15.9 Å². The minimum Gasteiger partial charge on any atom is -0.481 e. The Balaban J connectivity index is 1.91. The van der Waals surface area contributed by atoms with E-state index in [2.05, 4.69) is 25.1 Å². The molecule has 14 heteroatoms. The number of hydrogen-bond acceptors (Lipinski definition) is 9. The van der Waals surface area contributed by atoms with Gasteiger partial charge in [-0.05, 0) is 26.2 Å². The van der Waals surface area contributed by atoms with Crippen LogP contribution in [0.5, 0.6) is 0 Å². The maximum absolute atomic E-state index is 13.4. The van der Waals surface area contributed by atoms with E-state index in [1.165, 1.54) is 6.33 Å². The molecule has 5 N–H and O–H groups in total. The van der Waals surface area contributed by atoms with Crippen LogP contribution in [-0.2, 0) is 30.2 Å². The fourth-order valence-electron chi connectivity index (χ4n) is 3.42. The first-order valence-electron chi connectivity index (χ1n) is 11.5. The van der Waals surface area contributed by atoms with Gasteiger partial charge >= 0.3 is 11.9 Å². The summed E-state index contributed by atoms with van der Waals surface area (Å²) >= 11 is 0. The smallest absolute Gasteiger partial charge is 0.307 e. The van der Waals surface area contributed by atoms with E-state index in [0.29, 0.717) is 23.6 Å². The van der Waals surface area contributed by atoms with Crippen molar-refractivity contribution in [3.05, 3.63) is 12.7 Å². The van der Waals surface area contributed by atoms with Crippen LogP contribution in [0.4, 0.5) is 5.82 Å². The second-order valence-corrected chi connectivity index (χ2v) is 11.2. The van der Waals surface area contributed by atoms with Crippen molar-refractivity contribution in [2.75, 3.05) is 25.2 Å². The van der Waals surface area contributed by atoms with Crippen molar-refractivity contribution in [3.63, 3.8) is 0 Å². The highest BCUT2D eigenvalue weighted by atomic mass is 31.2. The molecule has 2 rings (SSSR count). The lowest BCUT2D eigenvalue weighted by Crippen LogP contribution is -2.31. The Bertz CT molecular complexity index is 1030. The normalized spacial score (nSPS) is 15.1. The molecule has 0 saturated heterocycles. The third-order valence-corrected chi connectivity index (χ3v) is 6.94. The predicted molar refractivity (Wildman–Crippen MR) is 131 cm³/mol. The summed E-state index contributed by atoms with van der Waals surface area (Å²) in [6.45, 7) is 8.16. The standard InChI is InChI=1S/C21H36N7O6P/c1-14(2)9-15(3)34-18(31)6-8-27-35(32,26-7-5-17(29)30)13-33-16(4)10-28-12-25-19-20(22)23-11-24-21(19)28/h11-12,14-16H,5-10,13H2,1-4H3,(H,29,30)(H2,22,23,24)(H2,26,27,32). The number of nitrogens with one attached hydrogen (secondary N) is 2. The first-order valence-corrected chi connectivity index (χ1v) is 13.4. The van der Waals surface area contributed by atoms with Crippen LogP contribution >= 0.6 is 7.44 Å². The molecular formula is C21H36N7O6P. The number of fused-ring (bicyclic) bond motifs is 1. The zero-order chi connectivity index (χ0) is 26.0. The number of aromatic nitrogens is 4. The molecule has 0 bridgehead atoms. The second-order valence-electron chi connectivity index (χ2n) is 8.81. The van der Waals surface area contributed by atoms with Gasteiger partial charge in [-0.2, -0.15) is 0 Å². The number of nitrogens with two attached hydrogens (primary N) is 1. The van der Waals surface area contributed by atoms with E-state index in [1.807, 2.05) is 20.8 Å². The van der Waals surface area contributed by atoms with Crippen LogP contribution in [0.25, 0.3) is 11.2 Å². The van der Waals surface area contributed by atoms with Gasteiger partial charge in [-0.25, -0.2) is 15.0 Å². The fourth-order valence-corrected chi connectivity index (χ4v) is 5.12. The number of nitrogens with zero attached hydrogens (tertiary/aromatic N) is 4. The third kappa shape index (κ3) is 9.88. The highest BCUT2D eigenvalue weighted by Crippen LogP contribution is 2.36. The molecule has 0 amide bonds. The molecule has 0 fully saturated rings. The second kappa shape index (κ2) is 13.5. The van der Waals surface area contributed by atoms with Crippen LogP contribution in [0.1, 0.15) is 47.0 Å². The van der Waals surface area contributed by atoms with Crippen LogP contribution in [0.3, 0.4) is 0 Å². The summed E-state index contributed by atoms with van der Waals surface area (Å²) in [5.41, 5.74) is 6.85. The number of carbonyl (C=O) groups is 2. The average Bonchev–Trinajstić information content (AvgIpc) is 3.15. The molecule has 0 aliphatic heterocycles. The van der Waals surface area contributed by atoms with Gasteiger partial charge in [0.1, 0.15) is 18.2 Å². The summed E-state index contributed by atoms with van der Waals surface area (Å²) in [6.07, 6.45) is 2.68. The van der Waals surface area contributed by atoms with Crippen LogP contribution in [0, 0.1) is 5.92 Å². The van der Waals surface area contributed by atoms with Gasteiger partial charge in [0, 0.05) is 13.1 Å². The van der Waals surface area contributed by atoms with E-state index >= 15 is 0 Å². The Morgan fingerprint density at radius 1 is 1.11 bits per heavy atom. The number of esters is 1. The summed E-state index contributed by atoms with van der Waals surface area (Å²) in [4.78, 5) is 35.3. The maximum atomic E-state index is 13.4. The molecular weight excluding hydrogens is 477 g/mol. The zero-order valence-corrected chi connectivity index (χ0v) is 21.5. The van der Waals surface area contributed by atoms with Gasteiger partial charge in [0.05, 0.1) is 37.9 Å². The number of ether oxygens (including phenoxy) is 2. The molecule has 2 aromatic rings. The van der Waals surface area contributed by atoms with Crippen molar-refractivity contribution >= 4 is 36.4 Å². The lowest BCUT2D eigenvalue weighted by atomic mass is 10.1. The highest BCUT2D eigenvalue weighted by molar-refractivity contribution is 7.59. The van der Waals surface area contributed by atoms with Gasteiger partial charge in [0.25, 0.3) is 0 Å². The molecule has 0 aromatic carbocycles. The molecule has 35 heavy (non-hydrogen) atoms. The predicted octanol–water partition coefficient (Wildman–Crippen LogP) is 1.99. The van der Waals surface area contributed by atoms with Crippen molar-refractivity contribution in [2.45, 2.75) is 65.7 Å². The van der Waals surface area contributed by atoms with Crippen molar-refractivity contribution in [1.82, 2.24) is 29.7 Å². The fraction of sp³-hybridized carbons (Fsp3) is 0.667. The Labute approximate surface area is 204 Å². The number of carboxylic acid groups (broad SMARTS) is 1. The maximum Gasteiger partial charge on any atom is 0.307 e. The number of imidazole rings is 1. The van der Waals surface area contributed by atoms with E-state index in [-0.39, 0.29) is 50.3 Å². The van der Waals surface area contributed by atoms with Gasteiger partial charge in [0.15, 0.2) is 11.5 Å². The molecule has 2 aromatic heterocycles. The lowest BCUT2D eigenvalue weighted by Gasteiger charge is -2.23. The Morgan fingerprint density at radius 3 is 2.46 bits per heavy atom. The van der Waals surface area contributed by atoms with Crippen LogP contribution in [-0.4, -0.2) is 68.2 Å². The number of nitrogen functional groups attached to an aromatic ring is 1. The highest BCUT2D eigenvalue weighted by Gasteiger charge is 2.24. The van der Waals surface area contributed by atoms with Crippen molar-refractivity contribution in [2.24, 2.45) is 5.92 Å². The molecule has 0 aliphatic carbocycles. The van der Waals surface area contributed by atoms with Crippen LogP contribution in [0.15, 0.2) is 12.7 Å². The molecule has 3 atom stereocenters. The first kappa shape index (κ1) is 28.6. The molecule has 13 nitrogen and oxygen atoms in total. The number of anilines is 1. The van der Waals surface area contributed by atoms with E-state index in [1.54, 1.807) is 17.8 Å². The number of carboxylic acids is 1. The van der Waals surface area contributed by atoms with Gasteiger partial charge in [-0.15, -0.1) is 0 Å². The molecule has 0 saturated carbocycles. The molecule has 2 heterocycles. The van der Waals surface area contributed by atoms with E-state index < -0.39 is 19.4 Å². The summed E-state index contributed by atoms with van der Waals surface area (Å²) < 4.78 is 26.3. The Morgan fingerprint density at radius 2 is 1.80 bits per heavy atom. The van der Waals surface area contributed by atoms with Gasteiger partial charge in [-0.3, -0.25) is 24.3 Å². The molecule has 196 valence electrons. The SMILES string of the molecule is CC(C)CC(C)OC(=O)CCNP(=O)(COC(C)Cn1cnc2c(N)ncnc21)NCCC(=O)O. The quantitative estimate of drug-likeness (QED) is 0.189. The van der Waals surface area contributed by atoms with E-state index in [4.69, 9.17) is 20.3 Å². The molecule has 0 spiro atoms. The molecule has 0 radical (unpaired) electrons. The van der Waals surface area contributed by atoms with Gasteiger partial charge in [0.2, 0.25) is 7.44 Å². The van der Waals surface area contributed by atoms with E-state index in [0.717, 1.165) is 6.42 Å². The van der Waals surface area contributed by atoms with Crippen molar-refractivity contribution < 1.29 is 28.7 Å². The van der Waals surface area contributed by atoms with E-state index in [9.17, 15) is 14.2 Å². The Hall–Kier alpha value is -2.60. The first-order chi connectivity index (χ1) is 16.5. The summed E-state index contributed by atoms with van der Waals surface area (Å²) in [7, 11) is -3.35. The molecule has 0 aliphatic rings. The minimum absolute atomic E-state index is 0.0183. The Kier molecular flexibility index (Phi) is 11.0. The van der Waals surface area contributed by atoms with Crippen molar-refractivity contribution in [1.29, 1.82) is 0 Å². The molecule has 3 unspecified atom stereocenters. The largest absolute Gasteiger partial charge is 0.481 e. The van der Waals surface area contributed by atoms with Crippen LogP contribution in [0.2, 0.25) is 0 Å². The minimum atomic E-state index is -3.35. The average molecular weight is 514 g/mol. The summed E-state index contributed by atoms with van der Waals surface area (Å²) in [6, 6.07) is 0. The third-order valence-electron chi connectivity index (χ3n) is 4.96. The van der Waals surface area contributed by atoms with Crippen molar-refractivity contribution in [3.8, 4) is 0 Å². The number of hydrogen-bond donors (Lipinski definition) is 4.